The van der Waals surface area contributed by atoms with Gasteiger partial charge in [-0.3, -0.25) is 0 Å². The molecule has 2 heteroatoms. The van der Waals surface area contributed by atoms with Crippen molar-refractivity contribution in [2.45, 2.75) is 5.41 Å². The lowest BCUT2D eigenvalue weighted by molar-refractivity contribution is 0.768. The van der Waals surface area contributed by atoms with Crippen LogP contribution in [0.25, 0.3) is 77.3 Å². The highest BCUT2D eigenvalue weighted by Crippen LogP contribution is 2.58. The van der Waals surface area contributed by atoms with E-state index in [0.717, 1.165) is 28.1 Å². The Hall–Kier alpha value is -7.16. The predicted octanol–water partition coefficient (Wildman–Crippen LogP) is 13.3. The Balaban J connectivity index is 1.25. The Kier molecular flexibility index (Phi) is 7.11. The van der Waals surface area contributed by atoms with Gasteiger partial charge in [-0.05, 0) is 77.8 Å². The highest BCUT2D eigenvalue weighted by Gasteiger charge is 2.46. The molecule has 0 spiro atoms. The number of hydrogen-bond acceptors (Lipinski definition) is 2. The zero-order valence-electron chi connectivity index (χ0n) is 30.0. The second-order valence-electron chi connectivity index (χ2n) is 14.4. The largest absolute Gasteiger partial charge is 0.228 e. The molecule has 9 aromatic carbocycles. The lowest BCUT2D eigenvalue weighted by Crippen LogP contribution is -2.28. The van der Waals surface area contributed by atoms with Crippen molar-refractivity contribution in [2.75, 3.05) is 0 Å². The molecule has 0 atom stereocenters. The average Bonchev–Trinajstić information content (AvgIpc) is 3.57. The van der Waals surface area contributed by atoms with Crippen molar-refractivity contribution < 1.29 is 0 Å². The summed E-state index contributed by atoms with van der Waals surface area (Å²) in [6.45, 7) is 0. The number of fused-ring (bicyclic) bond motifs is 7. The Morgan fingerprint density at radius 3 is 1.67 bits per heavy atom. The topological polar surface area (TPSA) is 25.8 Å². The number of benzene rings is 9. The highest BCUT2D eigenvalue weighted by molar-refractivity contribution is 6.20. The van der Waals surface area contributed by atoms with Gasteiger partial charge in [-0.1, -0.05) is 194 Å². The van der Waals surface area contributed by atoms with E-state index < -0.39 is 5.41 Å². The minimum absolute atomic E-state index is 0.504. The van der Waals surface area contributed by atoms with Gasteiger partial charge >= 0.3 is 0 Å². The van der Waals surface area contributed by atoms with E-state index in [1.807, 2.05) is 6.07 Å². The number of rotatable bonds is 5. The first-order valence-electron chi connectivity index (χ1n) is 18.9. The van der Waals surface area contributed by atoms with Gasteiger partial charge in [0.1, 0.15) is 0 Å². The maximum Gasteiger partial charge on any atom is 0.160 e. The van der Waals surface area contributed by atoms with Gasteiger partial charge in [0, 0.05) is 16.7 Å². The zero-order valence-corrected chi connectivity index (χ0v) is 30.0. The van der Waals surface area contributed by atoms with Gasteiger partial charge in [0.2, 0.25) is 0 Å². The molecule has 1 heterocycles. The van der Waals surface area contributed by atoms with Crippen LogP contribution >= 0.6 is 0 Å². The maximum atomic E-state index is 5.44. The third-order valence-corrected chi connectivity index (χ3v) is 11.5. The summed E-state index contributed by atoms with van der Waals surface area (Å²) in [5.74, 6) is 0.705. The van der Waals surface area contributed by atoms with Crippen LogP contribution in [-0.2, 0) is 5.41 Å². The van der Waals surface area contributed by atoms with Gasteiger partial charge in [-0.2, -0.15) is 0 Å². The summed E-state index contributed by atoms with van der Waals surface area (Å²) >= 11 is 0. The van der Waals surface area contributed by atoms with E-state index in [0.29, 0.717) is 5.82 Å². The molecule has 0 saturated carbocycles. The molecule has 0 fully saturated rings. The molecule has 0 saturated heterocycles. The van der Waals surface area contributed by atoms with Crippen molar-refractivity contribution in [1.82, 2.24) is 9.97 Å². The molecule has 0 aliphatic heterocycles. The van der Waals surface area contributed by atoms with Crippen LogP contribution < -0.4 is 0 Å². The molecule has 0 amide bonds. The van der Waals surface area contributed by atoms with Crippen LogP contribution in [-0.4, -0.2) is 9.97 Å². The molecule has 55 heavy (non-hydrogen) atoms. The fourth-order valence-electron chi connectivity index (χ4n) is 9.23. The summed E-state index contributed by atoms with van der Waals surface area (Å²) < 4.78 is 0. The monoisotopic (exact) mass is 698 g/mol. The number of aromatic nitrogens is 2. The molecule has 1 aliphatic carbocycles. The van der Waals surface area contributed by atoms with Crippen LogP contribution in [0.1, 0.15) is 22.3 Å². The third-order valence-electron chi connectivity index (χ3n) is 11.5. The first-order chi connectivity index (χ1) is 27.3. The third kappa shape index (κ3) is 4.75. The van der Waals surface area contributed by atoms with Crippen molar-refractivity contribution in [1.29, 1.82) is 0 Å². The Morgan fingerprint density at radius 2 is 0.909 bits per heavy atom. The minimum Gasteiger partial charge on any atom is -0.228 e. The summed E-state index contributed by atoms with van der Waals surface area (Å²) in [5, 5.41) is 7.22. The summed E-state index contributed by atoms with van der Waals surface area (Å²) in [6, 6.07) is 74.5. The van der Waals surface area contributed by atoms with Crippen molar-refractivity contribution in [3.05, 3.63) is 229 Å². The van der Waals surface area contributed by atoms with Crippen molar-refractivity contribution in [3.8, 4) is 45.0 Å². The molecular weight excluding hydrogens is 665 g/mol. The molecule has 0 radical (unpaired) electrons. The van der Waals surface area contributed by atoms with E-state index in [4.69, 9.17) is 9.97 Å². The molecule has 0 unspecified atom stereocenters. The average molecular weight is 699 g/mol. The van der Waals surface area contributed by atoms with E-state index in [-0.39, 0.29) is 0 Å². The van der Waals surface area contributed by atoms with Crippen LogP contribution in [0.5, 0.6) is 0 Å². The van der Waals surface area contributed by atoms with Gasteiger partial charge in [0.25, 0.3) is 0 Å². The van der Waals surface area contributed by atoms with E-state index in [2.05, 4.69) is 200 Å². The highest BCUT2D eigenvalue weighted by atomic mass is 14.9. The first-order valence-corrected chi connectivity index (χ1v) is 18.9. The SMILES string of the molecule is c1ccc(-c2nc(-c3cccc4c3-c3ccccc3C4(c3ccccc3)c3ccccc3)cc(-c3c4ccccc4cc4c3ccc3ccccc34)n2)cc1. The number of nitrogens with zero attached hydrogens (tertiary/aromatic N) is 2. The molecule has 0 N–H and O–H groups in total. The Bertz CT molecular complexity index is 3040. The lowest BCUT2D eigenvalue weighted by Gasteiger charge is -2.33. The second kappa shape index (κ2) is 12.5. The van der Waals surface area contributed by atoms with Gasteiger partial charge in [-0.25, -0.2) is 9.97 Å². The zero-order chi connectivity index (χ0) is 36.3. The van der Waals surface area contributed by atoms with Gasteiger partial charge < -0.3 is 0 Å². The number of hydrogen-bond donors (Lipinski definition) is 0. The van der Waals surface area contributed by atoms with E-state index in [1.165, 1.54) is 65.7 Å². The van der Waals surface area contributed by atoms with Crippen LogP contribution in [0.3, 0.4) is 0 Å². The van der Waals surface area contributed by atoms with Crippen molar-refractivity contribution in [3.63, 3.8) is 0 Å². The second-order valence-corrected chi connectivity index (χ2v) is 14.4. The first kappa shape index (κ1) is 31.4. The molecule has 11 rings (SSSR count). The molecule has 1 aromatic heterocycles. The molecule has 1 aliphatic rings. The van der Waals surface area contributed by atoms with Crippen molar-refractivity contribution >= 4 is 32.3 Å². The van der Waals surface area contributed by atoms with Gasteiger partial charge in [-0.15, -0.1) is 0 Å². The smallest absolute Gasteiger partial charge is 0.160 e. The summed E-state index contributed by atoms with van der Waals surface area (Å²) in [4.78, 5) is 10.9. The van der Waals surface area contributed by atoms with Crippen molar-refractivity contribution in [2.24, 2.45) is 0 Å². The van der Waals surface area contributed by atoms with E-state index >= 15 is 0 Å². The fraction of sp³-hybridized carbons (Fsp3) is 0.0189. The molecule has 10 aromatic rings. The van der Waals surface area contributed by atoms with E-state index in [9.17, 15) is 0 Å². The summed E-state index contributed by atoms with van der Waals surface area (Å²) in [6.07, 6.45) is 0. The summed E-state index contributed by atoms with van der Waals surface area (Å²) in [7, 11) is 0. The standard InChI is InChI=1S/C53H34N2/c1-4-18-36(19-5-1)52-54-48(34-49(55-52)51-41-26-13-11-20-37(41)33-45-40-25-12-10-17-35(40)31-32-42(45)51)44-28-16-30-47-50(44)43-27-14-15-29-46(43)53(47,38-21-6-2-7-22-38)39-23-8-3-9-24-39/h1-34H. The quantitative estimate of drug-likeness (QED) is 0.132. The van der Waals surface area contributed by atoms with Crippen LogP contribution in [0.4, 0.5) is 0 Å². The minimum atomic E-state index is -0.504. The van der Waals surface area contributed by atoms with Gasteiger partial charge in [0.05, 0.1) is 16.8 Å². The van der Waals surface area contributed by atoms with Crippen LogP contribution in [0, 0.1) is 0 Å². The molecule has 256 valence electrons. The fourth-order valence-corrected chi connectivity index (χ4v) is 9.23. The van der Waals surface area contributed by atoms with E-state index in [1.54, 1.807) is 0 Å². The lowest BCUT2D eigenvalue weighted by atomic mass is 9.67. The Morgan fingerprint density at radius 1 is 0.327 bits per heavy atom. The Labute approximate surface area is 320 Å². The van der Waals surface area contributed by atoms with Crippen LogP contribution in [0.15, 0.2) is 206 Å². The predicted molar refractivity (Wildman–Crippen MR) is 228 cm³/mol. The normalized spacial score (nSPS) is 12.9. The molecule has 0 bridgehead atoms. The maximum absolute atomic E-state index is 5.44. The molecule has 2 nitrogen and oxygen atoms in total. The molecular formula is C53H34N2. The summed E-state index contributed by atoms with van der Waals surface area (Å²) in [5.41, 5.74) is 12.0. The van der Waals surface area contributed by atoms with Gasteiger partial charge in [0.15, 0.2) is 5.82 Å². The van der Waals surface area contributed by atoms with Crippen LogP contribution in [0.2, 0.25) is 0 Å².